The number of thiophene rings is 1. The quantitative estimate of drug-likeness (QED) is 0.776. The molecular formula is C11H14N4OS. The molecule has 0 aliphatic heterocycles. The van der Waals surface area contributed by atoms with Gasteiger partial charge in [0.25, 0.3) is 5.56 Å². The van der Waals surface area contributed by atoms with Crippen molar-refractivity contribution in [2.45, 2.75) is 19.9 Å². The van der Waals surface area contributed by atoms with Crippen LogP contribution in [0, 0.1) is 6.92 Å². The highest BCUT2D eigenvalue weighted by Crippen LogP contribution is 2.25. The fraction of sp³-hybridized carbons (Fsp3) is 0.273. The van der Waals surface area contributed by atoms with Crippen LogP contribution in [0.15, 0.2) is 23.3 Å². The molecule has 0 bridgehead atoms. The zero-order chi connectivity index (χ0) is 12.4. The molecule has 0 spiro atoms. The van der Waals surface area contributed by atoms with Gasteiger partial charge in [-0.1, -0.05) is 0 Å². The molecule has 0 aliphatic carbocycles. The Bertz CT molecular complexity index is 575. The monoisotopic (exact) mass is 250 g/mol. The lowest BCUT2D eigenvalue weighted by atomic mass is 10.2. The number of anilines is 2. The van der Waals surface area contributed by atoms with E-state index in [0.29, 0.717) is 5.82 Å². The predicted octanol–water partition coefficient (Wildman–Crippen LogP) is 1.90. The summed E-state index contributed by atoms with van der Waals surface area (Å²) < 4.78 is 0. The average Bonchev–Trinajstić information content (AvgIpc) is 2.72. The minimum Gasteiger partial charge on any atom is -0.391 e. The third-order valence-electron chi connectivity index (χ3n) is 2.43. The average molecular weight is 250 g/mol. The predicted molar refractivity (Wildman–Crippen MR) is 70.4 cm³/mol. The number of hydrogen-bond acceptors (Lipinski definition) is 5. The maximum atomic E-state index is 11.3. The van der Waals surface area contributed by atoms with Crippen LogP contribution in [-0.2, 0) is 0 Å². The first-order chi connectivity index (χ1) is 8.08. The normalized spacial score (nSPS) is 12.4. The lowest BCUT2D eigenvalue weighted by molar-refractivity contribution is 0.892. The highest BCUT2D eigenvalue weighted by Gasteiger charge is 2.11. The molecule has 2 rings (SSSR count). The molecule has 2 aromatic rings. The minimum absolute atomic E-state index is 0.0744. The van der Waals surface area contributed by atoms with Crippen LogP contribution in [0.4, 0.5) is 11.5 Å². The van der Waals surface area contributed by atoms with Crippen LogP contribution in [0.3, 0.4) is 0 Å². The van der Waals surface area contributed by atoms with Crippen molar-refractivity contribution < 1.29 is 0 Å². The molecule has 0 radical (unpaired) electrons. The van der Waals surface area contributed by atoms with Gasteiger partial charge in [-0.25, -0.2) is 4.98 Å². The Hall–Kier alpha value is -1.82. The fourth-order valence-corrected chi connectivity index (χ4v) is 2.37. The van der Waals surface area contributed by atoms with Gasteiger partial charge in [-0.3, -0.25) is 4.79 Å². The topological polar surface area (TPSA) is 83.8 Å². The first-order valence-electron chi connectivity index (χ1n) is 5.24. The Morgan fingerprint density at radius 2 is 2.29 bits per heavy atom. The molecule has 17 heavy (non-hydrogen) atoms. The van der Waals surface area contributed by atoms with Crippen LogP contribution in [0.25, 0.3) is 0 Å². The summed E-state index contributed by atoms with van der Waals surface area (Å²) in [5.74, 6) is 0.423. The van der Waals surface area contributed by atoms with E-state index in [4.69, 9.17) is 5.73 Å². The maximum absolute atomic E-state index is 11.3. The molecule has 0 aromatic carbocycles. The number of hydrogen-bond donors (Lipinski definition) is 3. The van der Waals surface area contributed by atoms with E-state index in [-0.39, 0.29) is 17.3 Å². The summed E-state index contributed by atoms with van der Waals surface area (Å²) in [7, 11) is 0. The number of nitrogen functional groups attached to an aromatic ring is 1. The number of aromatic nitrogens is 2. The number of aromatic amines is 1. The van der Waals surface area contributed by atoms with Crippen LogP contribution >= 0.6 is 11.3 Å². The Morgan fingerprint density at radius 1 is 1.53 bits per heavy atom. The van der Waals surface area contributed by atoms with E-state index >= 15 is 0 Å². The van der Waals surface area contributed by atoms with Crippen LogP contribution in [0.1, 0.15) is 22.7 Å². The van der Waals surface area contributed by atoms with Gasteiger partial charge in [0.2, 0.25) is 0 Å². The molecule has 0 fully saturated rings. The largest absolute Gasteiger partial charge is 0.391 e. The van der Waals surface area contributed by atoms with Crippen LogP contribution in [-0.4, -0.2) is 9.97 Å². The van der Waals surface area contributed by atoms with E-state index in [9.17, 15) is 4.79 Å². The van der Waals surface area contributed by atoms with Crippen molar-refractivity contribution in [2.75, 3.05) is 11.1 Å². The molecule has 90 valence electrons. The summed E-state index contributed by atoms with van der Waals surface area (Å²) in [6.07, 6.45) is 1.34. The molecule has 0 aliphatic rings. The molecule has 2 heterocycles. The lowest BCUT2D eigenvalue weighted by Gasteiger charge is -2.13. The molecule has 6 heteroatoms. The van der Waals surface area contributed by atoms with Gasteiger partial charge in [0.1, 0.15) is 5.69 Å². The van der Waals surface area contributed by atoms with Gasteiger partial charge in [0, 0.05) is 9.75 Å². The van der Waals surface area contributed by atoms with Gasteiger partial charge < -0.3 is 16.0 Å². The second-order valence-corrected chi connectivity index (χ2v) is 5.13. The highest BCUT2D eigenvalue weighted by molar-refractivity contribution is 7.12. The Kier molecular flexibility index (Phi) is 3.14. The number of H-pyrrole nitrogens is 1. The fourth-order valence-electron chi connectivity index (χ4n) is 1.49. The lowest BCUT2D eigenvalue weighted by Crippen LogP contribution is -2.17. The number of aryl methyl sites for hydroxylation is 1. The molecule has 0 saturated heterocycles. The van der Waals surface area contributed by atoms with Crippen molar-refractivity contribution in [1.82, 2.24) is 9.97 Å². The minimum atomic E-state index is -0.322. The first kappa shape index (κ1) is 11.7. The standard InChI is InChI=1S/C11H14N4OS/c1-6-3-4-8(17-6)7(2)15-10-9(12)11(16)14-5-13-10/h3-5,7H,12H2,1-2H3,(H2,13,14,15,16). The maximum Gasteiger partial charge on any atom is 0.276 e. The Morgan fingerprint density at radius 3 is 2.94 bits per heavy atom. The smallest absolute Gasteiger partial charge is 0.276 e. The molecule has 0 saturated carbocycles. The zero-order valence-corrected chi connectivity index (χ0v) is 10.5. The summed E-state index contributed by atoms with van der Waals surface area (Å²) >= 11 is 1.71. The van der Waals surface area contributed by atoms with Crippen LogP contribution < -0.4 is 16.6 Å². The van der Waals surface area contributed by atoms with Gasteiger partial charge in [-0.15, -0.1) is 11.3 Å². The molecule has 1 unspecified atom stereocenters. The van der Waals surface area contributed by atoms with Crippen molar-refractivity contribution in [2.24, 2.45) is 0 Å². The van der Waals surface area contributed by atoms with Crippen LogP contribution in [0.5, 0.6) is 0 Å². The van der Waals surface area contributed by atoms with Crippen molar-refractivity contribution in [3.8, 4) is 0 Å². The summed E-state index contributed by atoms with van der Waals surface area (Å²) in [4.78, 5) is 20.2. The van der Waals surface area contributed by atoms with Crippen molar-refractivity contribution >= 4 is 22.8 Å². The van der Waals surface area contributed by atoms with E-state index in [1.807, 2.05) is 6.92 Å². The number of nitrogens with two attached hydrogens (primary N) is 1. The Labute approximate surface area is 103 Å². The van der Waals surface area contributed by atoms with Crippen molar-refractivity contribution in [3.05, 3.63) is 38.6 Å². The molecule has 1 atom stereocenters. The summed E-state index contributed by atoms with van der Waals surface area (Å²) in [6.45, 7) is 4.06. The van der Waals surface area contributed by atoms with Gasteiger partial charge in [0.15, 0.2) is 5.82 Å². The molecule has 2 aromatic heterocycles. The van der Waals surface area contributed by atoms with Gasteiger partial charge in [-0.05, 0) is 26.0 Å². The van der Waals surface area contributed by atoms with E-state index < -0.39 is 0 Å². The van der Waals surface area contributed by atoms with E-state index in [1.54, 1.807) is 11.3 Å². The van der Waals surface area contributed by atoms with E-state index in [1.165, 1.54) is 16.1 Å². The number of nitrogens with one attached hydrogen (secondary N) is 2. The first-order valence-corrected chi connectivity index (χ1v) is 6.05. The van der Waals surface area contributed by atoms with Gasteiger partial charge >= 0.3 is 0 Å². The molecule has 4 N–H and O–H groups in total. The molecule has 5 nitrogen and oxygen atoms in total. The highest BCUT2D eigenvalue weighted by atomic mass is 32.1. The molecular weight excluding hydrogens is 236 g/mol. The van der Waals surface area contributed by atoms with Gasteiger partial charge in [0.05, 0.1) is 12.4 Å². The molecule has 0 amide bonds. The van der Waals surface area contributed by atoms with Crippen LogP contribution in [0.2, 0.25) is 0 Å². The summed E-state index contributed by atoms with van der Waals surface area (Å²) in [5.41, 5.74) is 5.44. The second kappa shape index (κ2) is 4.58. The number of nitrogens with zero attached hydrogens (tertiary/aromatic N) is 1. The zero-order valence-electron chi connectivity index (χ0n) is 9.65. The van der Waals surface area contributed by atoms with Crippen molar-refractivity contribution in [3.63, 3.8) is 0 Å². The third kappa shape index (κ3) is 2.47. The third-order valence-corrected chi connectivity index (χ3v) is 3.61. The summed E-state index contributed by atoms with van der Waals surface area (Å²) in [5, 5.41) is 3.13. The SMILES string of the molecule is Cc1ccc(C(C)Nc2nc[nH]c(=O)c2N)s1. The van der Waals surface area contributed by atoms with Gasteiger partial charge in [-0.2, -0.15) is 0 Å². The van der Waals surface area contributed by atoms with E-state index in [2.05, 4.69) is 34.3 Å². The van der Waals surface area contributed by atoms with E-state index in [0.717, 1.165) is 0 Å². The summed E-state index contributed by atoms with van der Waals surface area (Å²) in [6, 6.07) is 4.19. The van der Waals surface area contributed by atoms with Crippen molar-refractivity contribution in [1.29, 1.82) is 0 Å². The second-order valence-electron chi connectivity index (χ2n) is 3.81. The Balaban J connectivity index is 2.21. The number of rotatable bonds is 3.